The summed E-state index contributed by atoms with van der Waals surface area (Å²) >= 11 is 0. The monoisotopic (exact) mass is 246 g/mol. The van der Waals surface area contributed by atoms with E-state index in [1.807, 2.05) is 31.2 Å². The van der Waals surface area contributed by atoms with Gasteiger partial charge < -0.3 is 5.11 Å². The van der Waals surface area contributed by atoms with Gasteiger partial charge >= 0.3 is 0 Å². The highest BCUT2D eigenvalue weighted by molar-refractivity contribution is 5.85. The average molecular weight is 246 g/mol. The summed E-state index contributed by atoms with van der Waals surface area (Å²) in [5, 5.41) is 10.1. The molecule has 0 aromatic heterocycles. The first-order chi connectivity index (χ1) is 8.66. The molecule has 1 saturated carbocycles. The molecule has 2 nitrogen and oxygen atoms in total. The lowest BCUT2D eigenvalue weighted by molar-refractivity contribution is -0.129. The van der Waals surface area contributed by atoms with Gasteiger partial charge in [0.1, 0.15) is 6.10 Å². The number of aliphatic hydroxyl groups excluding tert-OH is 1. The zero-order valence-electron chi connectivity index (χ0n) is 11.1. The van der Waals surface area contributed by atoms with Gasteiger partial charge in [0.15, 0.2) is 5.78 Å². The normalized spacial score (nSPS) is 18.6. The van der Waals surface area contributed by atoms with Gasteiger partial charge in [-0.2, -0.15) is 0 Å². The van der Waals surface area contributed by atoms with Crippen molar-refractivity contribution < 1.29 is 9.90 Å². The number of benzene rings is 1. The van der Waals surface area contributed by atoms with E-state index in [4.69, 9.17) is 0 Å². The van der Waals surface area contributed by atoms with E-state index in [0.29, 0.717) is 6.42 Å². The van der Waals surface area contributed by atoms with Crippen LogP contribution in [0.2, 0.25) is 0 Å². The first-order valence-corrected chi connectivity index (χ1v) is 6.93. The number of aryl methyl sites for hydroxylation is 1. The molecule has 0 heterocycles. The van der Waals surface area contributed by atoms with Crippen LogP contribution in [0.15, 0.2) is 24.3 Å². The van der Waals surface area contributed by atoms with Crippen LogP contribution in [-0.4, -0.2) is 17.0 Å². The van der Waals surface area contributed by atoms with E-state index in [2.05, 4.69) is 0 Å². The van der Waals surface area contributed by atoms with Gasteiger partial charge in [0, 0.05) is 6.42 Å². The lowest BCUT2D eigenvalue weighted by Crippen LogP contribution is -2.32. The zero-order valence-corrected chi connectivity index (χ0v) is 11.1. The molecule has 0 bridgehead atoms. The van der Waals surface area contributed by atoms with Gasteiger partial charge in [-0.05, 0) is 31.2 Å². The molecule has 1 aromatic rings. The molecule has 1 aliphatic carbocycles. The quantitative estimate of drug-likeness (QED) is 0.886. The molecule has 1 atom stereocenters. The molecule has 0 radical (unpaired) electrons. The Kier molecular flexibility index (Phi) is 4.54. The van der Waals surface area contributed by atoms with E-state index >= 15 is 0 Å². The van der Waals surface area contributed by atoms with Crippen LogP contribution in [0, 0.1) is 12.8 Å². The fourth-order valence-corrected chi connectivity index (χ4v) is 2.72. The summed E-state index contributed by atoms with van der Waals surface area (Å²) in [5.74, 6) is 0.169. The smallest absolute Gasteiger partial charge is 0.165 e. The van der Waals surface area contributed by atoms with E-state index < -0.39 is 6.10 Å². The number of hydrogen-bond donors (Lipinski definition) is 1. The lowest BCUT2D eigenvalue weighted by Gasteiger charge is -2.25. The van der Waals surface area contributed by atoms with Gasteiger partial charge in [-0.1, -0.05) is 49.1 Å². The van der Waals surface area contributed by atoms with Gasteiger partial charge in [0.2, 0.25) is 0 Å². The maximum absolute atomic E-state index is 12.0. The van der Waals surface area contributed by atoms with Crippen LogP contribution in [0.4, 0.5) is 0 Å². The molecular weight excluding hydrogens is 224 g/mol. The van der Waals surface area contributed by atoms with E-state index in [9.17, 15) is 9.90 Å². The fraction of sp³-hybridized carbons (Fsp3) is 0.562. The molecule has 0 amide bonds. The number of carbonyl (C=O) groups excluding carboxylic acids is 1. The van der Waals surface area contributed by atoms with Crippen molar-refractivity contribution in [1.29, 1.82) is 0 Å². The standard InChI is InChI=1S/C16H22O2/c1-12-7-9-13(10-8-12)11-15(17)16(18)14-5-3-2-4-6-14/h7-10,14,16,18H,2-6,11H2,1H3. The number of hydrogen-bond acceptors (Lipinski definition) is 2. The molecule has 0 spiro atoms. The van der Waals surface area contributed by atoms with E-state index in [1.54, 1.807) is 0 Å². The topological polar surface area (TPSA) is 37.3 Å². The van der Waals surface area contributed by atoms with Crippen molar-refractivity contribution in [3.63, 3.8) is 0 Å². The Morgan fingerprint density at radius 3 is 2.44 bits per heavy atom. The molecular formula is C16H22O2. The van der Waals surface area contributed by atoms with Gasteiger partial charge in [-0.25, -0.2) is 0 Å². The Labute approximate surface area is 109 Å². The Hall–Kier alpha value is -1.15. The third kappa shape index (κ3) is 3.42. The van der Waals surface area contributed by atoms with Crippen molar-refractivity contribution in [1.82, 2.24) is 0 Å². The average Bonchev–Trinajstić information content (AvgIpc) is 2.41. The summed E-state index contributed by atoms with van der Waals surface area (Å²) in [6, 6.07) is 7.97. The van der Waals surface area contributed by atoms with Gasteiger partial charge in [0.25, 0.3) is 0 Å². The largest absolute Gasteiger partial charge is 0.385 e. The minimum Gasteiger partial charge on any atom is -0.385 e. The van der Waals surface area contributed by atoms with Crippen molar-refractivity contribution >= 4 is 5.78 Å². The molecule has 98 valence electrons. The van der Waals surface area contributed by atoms with Crippen LogP contribution >= 0.6 is 0 Å². The number of carbonyl (C=O) groups is 1. The summed E-state index contributed by atoms with van der Waals surface area (Å²) in [4.78, 5) is 12.0. The highest BCUT2D eigenvalue weighted by Gasteiger charge is 2.27. The number of ketones is 1. The van der Waals surface area contributed by atoms with Gasteiger partial charge in [-0.3, -0.25) is 4.79 Å². The molecule has 0 saturated heterocycles. The maximum atomic E-state index is 12.0. The summed E-state index contributed by atoms with van der Waals surface area (Å²) in [7, 11) is 0. The molecule has 2 rings (SSSR count). The summed E-state index contributed by atoms with van der Waals surface area (Å²) < 4.78 is 0. The van der Waals surface area contributed by atoms with Crippen molar-refractivity contribution in [2.24, 2.45) is 5.92 Å². The van der Waals surface area contributed by atoms with Crippen LogP contribution in [-0.2, 0) is 11.2 Å². The number of aliphatic hydroxyl groups is 1. The second-order valence-electron chi connectivity index (χ2n) is 5.47. The van der Waals surface area contributed by atoms with Crippen molar-refractivity contribution in [3.8, 4) is 0 Å². The maximum Gasteiger partial charge on any atom is 0.165 e. The number of Topliss-reactive ketones (excluding diaryl/α,β-unsaturated/α-hetero) is 1. The summed E-state index contributed by atoms with van der Waals surface area (Å²) in [6.45, 7) is 2.03. The Bertz CT molecular complexity index is 388. The van der Waals surface area contributed by atoms with Crippen LogP contribution in [0.5, 0.6) is 0 Å². The van der Waals surface area contributed by atoms with Crippen LogP contribution < -0.4 is 0 Å². The minimum absolute atomic E-state index is 0.0225. The van der Waals surface area contributed by atoms with Crippen molar-refractivity contribution in [3.05, 3.63) is 35.4 Å². The summed E-state index contributed by atoms with van der Waals surface area (Å²) in [5.41, 5.74) is 2.19. The minimum atomic E-state index is -0.758. The molecule has 1 unspecified atom stereocenters. The van der Waals surface area contributed by atoms with Gasteiger partial charge in [-0.15, -0.1) is 0 Å². The predicted molar refractivity (Wildman–Crippen MR) is 72.5 cm³/mol. The highest BCUT2D eigenvalue weighted by atomic mass is 16.3. The van der Waals surface area contributed by atoms with Gasteiger partial charge in [0.05, 0.1) is 0 Å². The molecule has 1 fully saturated rings. The third-order valence-corrected chi connectivity index (χ3v) is 3.93. The fourth-order valence-electron chi connectivity index (χ4n) is 2.72. The highest BCUT2D eigenvalue weighted by Crippen LogP contribution is 2.27. The van der Waals surface area contributed by atoms with Crippen molar-refractivity contribution in [2.75, 3.05) is 0 Å². The Morgan fingerprint density at radius 1 is 1.22 bits per heavy atom. The molecule has 18 heavy (non-hydrogen) atoms. The Balaban J connectivity index is 1.92. The molecule has 1 N–H and O–H groups in total. The first-order valence-electron chi connectivity index (χ1n) is 6.93. The van der Waals surface area contributed by atoms with Crippen LogP contribution in [0.3, 0.4) is 0 Å². The lowest BCUT2D eigenvalue weighted by atomic mass is 9.83. The SMILES string of the molecule is Cc1ccc(CC(=O)C(O)C2CCCCC2)cc1. The van der Waals surface area contributed by atoms with Crippen LogP contribution in [0.1, 0.15) is 43.2 Å². The second kappa shape index (κ2) is 6.14. The van der Waals surface area contributed by atoms with Crippen LogP contribution in [0.25, 0.3) is 0 Å². The zero-order chi connectivity index (χ0) is 13.0. The first kappa shape index (κ1) is 13.3. The Morgan fingerprint density at radius 2 is 1.83 bits per heavy atom. The second-order valence-corrected chi connectivity index (χ2v) is 5.47. The third-order valence-electron chi connectivity index (χ3n) is 3.93. The molecule has 2 heteroatoms. The van der Waals surface area contributed by atoms with E-state index in [1.165, 1.54) is 12.0 Å². The predicted octanol–water partition coefficient (Wildman–Crippen LogP) is 3.05. The van der Waals surface area contributed by atoms with E-state index in [-0.39, 0.29) is 11.7 Å². The summed E-state index contributed by atoms with van der Waals surface area (Å²) in [6.07, 6.45) is 5.15. The molecule has 1 aliphatic rings. The molecule has 0 aliphatic heterocycles. The van der Waals surface area contributed by atoms with E-state index in [0.717, 1.165) is 31.2 Å². The molecule has 1 aromatic carbocycles. The van der Waals surface area contributed by atoms with Crippen molar-refractivity contribution in [2.45, 2.75) is 51.6 Å². The number of rotatable bonds is 4.